The zero-order chi connectivity index (χ0) is 13.9. The van der Waals surface area contributed by atoms with Crippen LogP contribution in [0.3, 0.4) is 0 Å². The van der Waals surface area contributed by atoms with Crippen LogP contribution >= 0.6 is 11.3 Å². The summed E-state index contributed by atoms with van der Waals surface area (Å²) < 4.78 is 0. The molecule has 1 heterocycles. The number of rotatable bonds is 6. The molecule has 2 nitrogen and oxygen atoms in total. The maximum Gasteiger partial charge on any atom is 0.0324 e. The number of nitrogens with one attached hydrogen (secondary N) is 1. The highest BCUT2D eigenvalue weighted by Gasteiger charge is 2.41. The molecule has 1 fully saturated rings. The summed E-state index contributed by atoms with van der Waals surface area (Å²) in [4.78, 5) is 3.96. The fourth-order valence-electron chi connectivity index (χ4n) is 3.51. The number of hydrogen-bond donors (Lipinski definition) is 1. The van der Waals surface area contributed by atoms with Crippen LogP contribution in [-0.2, 0) is 6.54 Å². The molecule has 1 saturated carbocycles. The molecular formula is C16H28N2S. The summed E-state index contributed by atoms with van der Waals surface area (Å²) in [5.41, 5.74) is 0.449. The summed E-state index contributed by atoms with van der Waals surface area (Å²) in [6, 6.07) is 5.05. The Labute approximate surface area is 122 Å². The molecule has 1 aromatic heterocycles. The van der Waals surface area contributed by atoms with Crippen LogP contribution in [0.1, 0.15) is 38.5 Å². The summed E-state index contributed by atoms with van der Waals surface area (Å²) in [6.45, 7) is 10.4. The maximum absolute atomic E-state index is 3.72. The Morgan fingerprint density at radius 1 is 1.47 bits per heavy atom. The van der Waals surface area contributed by atoms with Gasteiger partial charge in [-0.3, -0.25) is 0 Å². The van der Waals surface area contributed by atoms with Gasteiger partial charge in [0.05, 0.1) is 0 Å². The molecule has 2 unspecified atom stereocenters. The standard InChI is InChI=1S/C16H28N2S/c1-5-17-15-13(8-9-16(15,2)3)11-18(4)12-14-7-6-10-19-14/h6-7,10,13,15,17H,5,8-9,11-12H2,1-4H3. The van der Waals surface area contributed by atoms with Crippen molar-refractivity contribution in [2.75, 3.05) is 20.1 Å². The van der Waals surface area contributed by atoms with Crippen molar-refractivity contribution in [2.45, 2.75) is 46.2 Å². The van der Waals surface area contributed by atoms with Gasteiger partial charge in [0.15, 0.2) is 0 Å². The van der Waals surface area contributed by atoms with Gasteiger partial charge in [-0.2, -0.15) is 0 Å². The molecule has 1 aromatic rings. The zero-order valence-corrected chi connectivity index (χ0v) is 13.6. The lowest BCUT2D eigenvalue weighted by molar-refractivity contribution is 0.202. The quantitative estimate of drug-likeness (QED) is 0.856. The van der Waals surface area contributed by atoms with Gasteiger partial charge in [-0.25, -0.2) is 0 Å². The van der Waals surface area contributed by atoms with Gasteiger partial charge in [-0.05, 0) is 49.2 Å². The van der Waals surface area contributed by atoms with Crippen LogP contribution in [0.5, 0.6) is 0 Å². The minimum atomic E-state index is 0.449. The molecule has 2 atom stereocenters. The molecule has 108 valence electrons. The molecule has 1 N–H and O–H groups in total. The lowest BCUT2D eigenvalue weighted by atomic mass is 9.84. The van der Waals surface area contributed by atoms with E-state index in [4.69, 9.17) is 0 Å². The van der Waals surface area contributed by atoms with Crippen LogP contribution in [-0.4, -0.2) is 31.1 Å². The molecule has 0 radical (unpaired) electrons. The van der Waals surface area contributed by atoms with Crippen LogP contribution in [0, 0.1) is 11.3 Å². The van der Waals surface area contributed by atoms with Crippen LogP contribution in [0.15, 0.2) is 17.5 Å². The summed E-state index contributed by atoms with van der Waals surface area (Å²) in [5.74, 6) is 0.792. The predicted octanol–water partition coefficient (Wildman–Crippen LogP) is 3.59. The molecule has 0 aromatic carbocycles. The third-order valence-corrected chi connectivity index (χ3v) is 5.31. The van der Waals surface area contributed by atoms with Crippen LogP contribution in [0.4, 0.5) is 0 Å². The zero-order valence-electron chi connectivity index (χ0n) is 12.8. The van der Waals surface area contributed by atoms with Crippen molar-refractivity contribution >= 4 is 11.3 Å². The Hall–Kier alpha value is -0.380. The smallest absolute Gasteiger partial charge is 0.0324 e. The normalized spacial score (nSPS) is 26.2. The van der Waals surface area contributed by atoms with E-state index in [-0.39, 0.29) is 0 Å². The number of nitrogens with zero attached hydrogens (tertiary/aromatic N) is 1. The monoisotopic (exact) mass is 280 g/mol. The van der Waals surface area contributed by atoms with E-state index >= 15 is 0 Å². The Kier molecular flexibility index (Phi) is 5.04. The summed E-state index contributed by atoms with van der Waals surface area (Å²) in [7, 11) is 2.26. The van der Waals surface area contributed by atoms with E-state index in [0.717, 1.165) is 19.0 Å². The van der Waals surface area contributed by atoms with Crippen molar-refractivity contribution in [1.82, 2.24) is 10.2 Å². The highest BCUT2D eigenvalue weighted by atomic mass is 32.1. The lowest BCUT2D eigenvalue weighted by Crippen LogP contribution is -2.45. The first kappa shape index (κ1) is 15.0. The summed E-state index contributed by atoms with van der Waals surface area (Å²) >= 11 is 1.86. The summed E-state index contributed by atoms with van der Waals surface area (Å²) in [5, 5.41) is 5.89. The van der Waals surface area contributed by atoms with E-state index in [2.05, 4.69) is 55.5 Å². The van der Waals surface area contributed by atoms with Gasteiger partial charge in [-0.1, -0.05) is 26.8 Å². The topological polar surface area (TPSA) is 15.3 Å². The highest BCUT2D eigenvalue weighted by molar-refractivity contribution is 7.09. The molecule has 2 rings (SSSR count). The lowest BCUT2D eigenvalue weighted by Gasteiger charge is -2.33. The van der Waals surface area contributed by atoms with E-state index in [9.17, 15) is 0 Å². The van der Waals surface area contributed by atoms with Crippen molar-refractivity contribution in [3.8, 4) is 0 Å². The highest BCUT2D eigenvalue weighted by Crippen LogP contribution is 2.41. The van der Waals surface area contributed by atoms with Gasteiger partial charge >= 0.3 is 0 Å². The predicted molar refractivity (Wildman–Crippen MR) is 84.6 cm³/mol. The van der Waals surface area contributed by atoms with E-state index in [1.807, 2.05) is 11.3 Å². The Bertz CT molecular complexity index is 372. The fraction of sp³-hybridized carbons (Fsp3) is 0.750. The van der Waals surface area contributed by atoms with E-state index < -0.39 is 0 Å². The maximum atomic E-state index is 3.72. The minimum Gasteiger partial charge on any atom is -0.313 e. The minimum absolute atomic E-state index is 0.449. The average molecular weight is 280 g/mol. The Morgan fingerprint density at radius 3 is 2.89 bits per heavy atom. The third kappa shape index (κ3) is 3.80. The first-order valence-electron chi connectivity index (χ1n) is 7.47. The van der Waals surface area contributed by atoms with Crippen LogP contribution < -0.4 is 5.32 Å². The van der Waals surface area contributed by atoms with Crippen LogP contribution in [0.25, 0.3) is 0 Å². The molecule has 0 saturated heterocycles. The molecular weight excluding hydrogens is 252 g/mol. The molecule has 0 spiro atoms. The molecule has 1 aliphatic rings. The average Bonchev–Trinajstić information content (AvgIpc) is 2.92. The molecule has 0 amide bonds. The van der Waals surface area contributed by atoms with Gasteiger partial charge in [0.1, 0.15) is 0 Å². The molecule has 1 aliphatic carbocycles. The van der Waals surface area contributed by atoms with Crippen molar-refractivity contribution in [3.05, 3.63) is 22.4 Å². The van der Waals surface area contributed by atoms with Gasteiger partial charge in [0.2, 0.25) is 0 Å². The SMILES string of the molecule is CCNC1C(CN(C)Cc2cccs2)CCC1(C)C. The van der Waals surface area contributed by atoms with E-state index in [0.29, 0.717) is 11.5 Å². The van der Waals surface area contributed by atoms with Gasteiger partial charge in [0.25, 0.3) is 0 Å². The largest absolute Gasteiger partial charge is 0.313 e. The Morgan fingerprint density at radius 2 is 2.26 bits per heavy atom. The second kappa shape index (κ2) is 6.38. The van der Waals surface area contributed by atoms with Crippen molar-refractivity contribution in [2.24, 2.45) is 11.3 Å². The summed E-state index contributed by atoms with van der Waals surface area (Å²) in [6.07, 6.45) is 2.71. The van der Waals surface area contributed by atoms with E-state index in [1.165, 1.54) is 24.3 Å². The molecule has 3 heteroatoms. The molecule has 0 bridgehead atoms. The second-order valence-corrected chi connectivity index (χ2v) is 7.63. The number of thiophene rings is 1. The van der Waals surface area contributed by atoms with Gasteiger partial charge in [0, 0.05) is 24.0 Å². The second-order valence-electron chi connectivity index (χ2n) is 6.60. The third-order valence-electron chi connectivity index (χ3n) is 4.45. The van der Waals surface area contributed by atoms with Crippen molar-refractivity contribution in [3.63, 3.8) is 0 Å². The van der Waals surface area contributed by atoms with Crippen LogP contribution in [0.2, 0.25) is 0 Å². The molecule has 0 aliphatic heterocycles. The fourth-order valence-corrected chi connectivity index (χ4v) is 4.29. The first-order chi connectivity index (χ1) is 9.03. The van der Waals surface area contributed by atoms with Crippen molar-refractivity contribution < 1.29 is 0 Å². The number of hydrogen-bond acceptors (Lipinski definition) is 3. The van der Waals surface area contributed by atoms with Crippen molar-refractivity contribution in [1.29, 1.82) is 0 Å². The first-order valence-corrected chi connectivity index (χ1v) is 8.35. The van der Waals surface area contributed by atoms with E-state index in [1.54, 1.807) is 0 Å². The van der Waals surface area contributed by atoms with Gasteiger partial charge < -0.3 is 10.2 Å². The Balaban J connectivity index is 1.90. The van der Waals surface area contributed by atoms with Gasteiger partial charge in [-0.15, -0.1) is 11.3 Å². The molecule has 19 heavy (non-hydrogen) atoms.